The molecule has 4 nitrogen and oxygen atoms in total. The molecule has 0 bridgehead atoms. The van der Waals surface area contributed by atoms with Gasteiger partial charge in [0, 0.05) is 13.1 Å². The van der Waals surface area contributed by atoms with Crippen LogP contribution in [0, 0.1) is 6.92 Å². The molecule has 0 aliphatic carbocycles. The van der Waals surface area contributed by atoms with Gasteiger partial charge in [0.05, 0.1) is 16.6 Å². The zero-order chi connectivity index (χ0) is 15.1. The molecule has 112 valence electrons. The molecule has 1 saturated heterocycles. The fraction of sp³-hybridized carbons (Fsp3) is 0.500. The summed E-state index contributed by atoms with van der Waals surface area (Å²) in [6, 6.07) is 3.09. The van der Waals surface area contributed by atoms with Gasteiger partial charge in [-0.2, -0.15) is 17.5 Å². The maximum Gasteiger partial charge on any atom is 0.416 e. The lowest BCUT2D eigenvalue weighted by Gasteiger charge is -2.19. The topological polar surface area (TPSA) is 57.6 Å². The van der Waals surface area contributed by atoms with E-state index >= 15 is 0 Å². The fourth-order valence-corrected chi connectivity index (χ4v) is 4.01. The number of aliphatic hydroxyl groups is 1. The first kappa shape index (κ1) is 15.3. The van der Waals surface area contributed by atoms with Crippen molar-refractivity contribution in [2.45, 2.75) is 30.5 Å². The monoisotopic (exact) mass is 309 g/mol. The maximum absolute atomic E-state index is 12.8. The second kappa shape index (κ2) is 5.01. The van der Waals surface area contributed by atoms with Crippen LogP contribution in [-0.4, -0.2) is 37.0 Å². The molecule has 1 aromatic carbocycles. The van der Waals surface area contributed by atoms with E-state index in [2.05, 4.69) is 0 Å². The van der Waals surface area contributed by atoms with E-state index < -0.39 is 27.9 Å². The van der Waals surface area contributed by atoms with Gasteiger partial charge in [0.15, 0.2) is 0 Å². The summed E-state index contributed by atoms with van der Waals surface area (Å²) in [5.41, 5.74) is -1.28. The Balaban J connectivity index is 2.48. The Morgan fingerprint density at radius 3 is 2.50 bits per heavy atom. The molecule has 0 saturated carbocycles. The van der Waals surface area contributed by atoms with Gasteiger partial charge in [0.1, 0.15) is 0 Å². The molecule has 1 N–H and O–H groups in total. The van der Waals surface area contributed by atoms with Crippen LogP contribution in [0.4, 0.5) is 13.2 Å². The Morgan fingerprint density at radius 2 is 2.00 bits per heavy atom. The van der Waals surface area contributed by atoms with Crippen molar-refractivity contribution in [1.82, 2.24) is 4.31 Å². The van der Waals surface area contributed by atoms with Gasteiger partial charge in [0.2, 0.25) is 10.0 Å². The van der Waals surface area contributed by atoms with Crippen LogP contribution < -0.4 is 0 Å². The predicted molar refractivity (Wildman–Crippen MR) is 65.6 cm³/mol. The molecule has 0 aromatic heterocycles. The van der Waals surface area contributed by atoms with E-state index in [9.17, 15) is 26.7 Å². The maximum atomic E-state index is 12.8. The van der Waals surface area contributed by atoms with E-state index in [4.69, 9.17) is 0 Å². The minimum atomic E-state index is -4.60. The van der Waals surface area contributed by atoms with Crippen LogP contribution >= 0.6 is 0 Å². The first-order chi connectivity index (χ1) is 9.14. The highest BCUT2D eigenvalue weighted by Crippen LogP contribution is 2.35. The van der Waals surface area contributed by atoms with Crippen LogP contribution in [0.5, 0.6) is 0 Å². The van der Waals surface area contributed by atoms with Crippen molar-refractivity contribution in [3.05, 3.63) is 29.3 Å². The minimum Gasteiger partial charge on any atom is -0.392 e. The fourth-order valence-electron chi connectivity index (χ4n) is 2.27. The standard InChI is InChI=1S/C12H14F3NO3S/c1-8-10(12(13,14)15)3-2-4-11(8)20(18,19)16-6-5-9(17)7-16/h2-4,9,17H,5-7H2,1H3. The minimum absolute atomic E-state index is 0.0853. The molecule has 1 heterocycles. The smallest absolute Gasteiger partial charge is 0.392 e. The Bertz CT molecular complexity index is 613. The van der Waals surface area contributed by atoms with Crippen LogP contribution in [0.1, 0.15) is 17.5 Å². The van der Waals surface area contributed by atoms with Gasteiger partial charge in [-0.25, -0.2) is 8.42 Å². The summed E-state index contributed by atoms with van der Waals surface area (Å²) in [6.07, 6.45) is -5.08. The highest BCUT2D eigenvalue weighted by molar-refractivity contribution is 7.89. The van der Waals surface area contributed by atoms with Crippen LogP contribution in [0.3, 0.4) is 0 Å². The normalized spacial score (nSPS) is 21.4. The molecule has 0 radical (unpaired) electrons. The van der Waals surface area contributed by atoms with E-state index in [1.807, 2.05) is 0 Å². The van der Waals surface area contributed by atoms with E-state index in [0.29, 0.717) is 0 Å². The third kappa shape index (κ3) is 2.68. The molecule has 1 aliphatic rings. The number of rotatable bonds is 2. The second-order valence-corrected chi connectivity index (χ2v) is 6.64. The summed E-state index contributed by atoms with van der Waals surface area (Å²) < 4.78 is 64.1. The summed E-state index contributed by atoms with van der Waals surface area (Å²) in [5.74, 6) is 0. The molecule has 1 unspecified atom stereocenters. The molecule has 2 rings (SSSR count). The van der Waals surface area contributed by atoms with Crippen molar-refractivity contribution in [2.24, 2.45) is 0 Å². The van der Waals surface area contributed by atoms with Crippen LogP contribution in [0.25, 0.3) is 0 Å². The number of halogens is 3. The number of nitrogens with zero attached hydrogens (tertiary/aromatic N) is 1. The zero-order valence-electron chi connectivity index (χ0n) is 10.7. The molecule has 1 atom stereocenters. The first-order valence-electron chi connectivity index (χ1n) is 5.99. The Labute approximate surface area is 114 Å². The lowest BCUT2D eigenvalue weighted by Crippen LogP contribution is -2.30. The number of hydrogen-bond donors (Lipinski definition) is 1. The largest absolute Gasteiger partial charge is 0.416 e. The molecule has 0 spiro atoms. The highest BCUT2D eigenvalue weighted by atomic mass is 32.2. The summed E-state index contributed by atoms with van der Waals surface area (Å²) in [4.78, 5) is -0.360. The summed E-state index contributed by atoms with van der Waals surface area (Å²) >= 11 is 0. The van der Waals surface area contributed by atoms with Crippen molar-refractivity contribution < 1.29 is 26.7 Å². The Morgan fingerprint density at radius 1 is 1.35 bits per heavy atom. The molecule has 1 aromatic rings. The van der Waals surface area contributed by atoms with Gasteiger partial charge in [-0.1, -0.05) is 6.07 Å². The quantitative estimate of drug-likeness (QED) is 0.906. The molecule has 0 amide bonds. The van der Waals surface area contributed by atoms with E-state index in [-0.39, 0.29) is 30.0 Å². The lowest BCUT2D eigenvalue weighted by atomic mass is 10.1. The number of hydrogen-bond acceptors (Lipinski definition) is 3. The summed E-state index contributed by atoms with van der Waals surface area (Å²) in [6.45, 7) is 1.17. The van der Waals surface area contributed by atoms with Crippen molar-refractivity contribution in [3.63, 3.8) is 0 Å². The van der Waals surface area contributed by atoms with E-state index in [1.54, 1.807) is 0 Å². The van der Waals surface area contributed by atoms with Gasteiger partial charge < -0.3 is 5.11 Å². The number of sulfonamides is 1. The van der Waals surface area contributed by atoms with Crippen molar-refractivity contribution in [1.29, 1.82) is 0 Å². The summed E-state index contributed by atoms with van der Waals surface area (Å²) in [7, 11) is -4.01. The molecule has 20 heavy (non-hydrogen) atoms. The van der Waals surface area contributed by atoms with Crippen molar-refractivity contribution in [2.75, 3.05) is 13.1 Å². The third-order valence-corrected chi connectivity index (χ3v) is 5.34. The molecule has 8 heteroatoms. The SMILES string of the molecule is Cc1c(C(F)(F)F)cccc1S(=O)(=O)N1CCC(O)C1. The average Bonchev–Trinajstić information content (AvgIpc) is 2.75. The van der Waals surface area contributed by atoms with Gasteiger partial charge in [0.25, 0.3) is 0 Å². The van der Waals surface area contributed by atoms with Crippen LogP contribution in [-0.2, 0) is 16.2 Å². The molecular weight excluding hydrogens is 295 g/mol. The van der Waals surface area contributed by atoms with Gasteiger partial charge in [-0.15, -0.1) is 0 Å². The van der Waals surface area contributed by atoms with Gasteiger partial charge in [-0.3, -0.25) is 0 Å². The Hall–Kier alpha value is -1.12. The zero-order valence-corrected chi connectivity index (χ0v) is 11.5. The van der Waals surface area contributed by atoms with Crippen molar-refractivity contribution >= 4 is 10.0 Å². The van der Waals surface area contributed by atoms with Crippen LogP contribution in [0.2, 0.25) is 0 Å². The van der Waals surface area contributed by atoms with Gasteiger partial charge >= 0.3 is 6.18 Å². The molecular formula is C12H14F3NO3S. The lowest BCUT2D eigenvalue weighted by molar-refractivity contribution is -0.138. The number of benzene rings is 1. The predicted octanol–water partition coefficient (Wildman–Crippen LogP) is 1.77. The summed E-state index contributed by atoms with van der Waals surface area (Å²) in [5, 5.41) is 9.38. The van der Waals surface area contributed by atoms with E-state index in [1.165, 1.54) is 0 Å². The van der Waals surface area contributed by atoms with E-state index in [0.717, 1.165) is 29.4 Å². The first-order valence-corrected chi connectivity index (χ1v) is 7.43. The number of alkyl halides is 3. The van der Waals surface area contributed by atoms with Crippen LogP contribution in [0.15, 0.2) is 23.1 Å². The second-order valence-electron chi connectivity index (χ2n) is 4.73. The van der Waals surface area contributed by atoms with Gasteiger partial charge in [-0.05, 0) is 31.0 Å². The number of aliphatic hydroxyl groups excluding tert-OH is 1. The molecule has 1 fully saturated rings. The Kier molecular flexibility index (Phi) is 3.83. The average molecular weight is 309 g/mol. The molecule has 1 aliphatic heterocycles. The highest BCUT2D eigenvalue weighted by Gasteiger charge is 2.37. The number of β-amino-alcohol motifs (C(OH)–C–C–N with tert-alkyl or cyclic N) is 1. The van der Waals surface area contributed by atoms with Crippen molar-refractivity contribution in [3.8, 4) is 0 Å². The third-order valence-electron chi connectivity index (χ3n) is 3.33.